The molecule has 1 fully saturated rings. The van der Waals surface area contributed by atoms with Crippen molar-refractivity contribution in [3.63, 3.8) is 0 Å². The summed E-state index contributed by atoms with van der Waals surface area (Å²) in [6.07, 6.45) is 8.05. The number of pyridine rings is 1. The molecule has 6 nitrogen and oxygen atoms in total. The molecule has 2 aromatic heterocycles. The van der Waals surface area contributed by atoms with Gasteiger partial charge in [0.15, 0.2) is 0 Å². The molecule has 4 rings (SSSR count). The van der Waals surface area contributed by atoms with Gasteiger partial charge >= 0.3 is 0 Å². The van der Waals surface area contributed by atoms with Crippen LogP contribution in [0.2, 0.25) is 0 Å². The number of nitrogens with zero attached hydrogens (tertiary/aromatic N) is 5. The number of likely N-dealkylation sites (tertiary alicyclic amines) is 1. The molecule has 134 valence electrons. The number of benzene rings is 1. The molecule has 0 spiro atoms. The van der Waals surface area contributed by atoms with Crippen molar-refractivity contribution < 1.29 is 4.79 Å². The molecule has 3 heterocycles. The molecule has 1 aliphatic heterocycles. The molecule has 0 aliphatic carbocycles. The van der Waals surface area contributed by atoms with Crippen molar-refractivity contribution >= 4 is 16.8 Å². The monoisotopic (exact) mass is 349 g/mol. The number of carbonyl (C=O) groups is 1. The Morgan fingerprint density at radius 3 is 3.04 bits per heavy atom. The van der Waals surface area contributed by atoms with Gasteiger partial charge in [-0.2, -0.15) is 0 Å². The van der Waals surface area contributed by atoms with Crippen molar-refractivity contribution in [3.8, 4) is 11.3 Å². The number of hydrogen-bond donors (Lipinski definition) is 0. The highest BCUT2D eigenvalue weighted by Gasteiger charge is 2.25. The van der Waals surface area contributed by atoms with Gasteiger partial charge in [-0.3, -0.25) is 9.78 Å². The third-order valence-corrected chi connectivity index (χ3v) is 5.14. The number of rotatable bonds is 4. The minimum absolute atomic E-state index is 0.129. The summed E-state index contributed by atoms with van der Waals surface area (Å²) in [7, 11) is 0. The van der Waals surface area contributed by atoms with Crippen molar-refractivity contribution in [2.75, 3.05) is 6.54 Å². The van der Waals surface area contributed by atoms with Gasteiger partial charge in [-0.25, -0.2) is 4.68 Å². The Balaban J connectivity index is 1.51. The van der Waals surface area contributed by atoms with Crippen molar-refractivity contribution in [1.82, 2.24) is 24.9 Å². The molecule has 1 saturated heterocycles. The van der Waals surface area contributed by atoms with E-state index in [-0.39, 0.29) is 12.5 Å². The lowest BCUT2D eigenvalue weighted by molar-refractivity contribution is -0.135. The molecule has 0 bridgehead atoms. The molecular weight excluding hydrogens is 326 g/mol. The summed E-state index contributed by atoms with van der Waals surface area (Å²) in [6.45, 7) is 3.24. The molecule has 0 saturated carbocycles. The van der Waals surface area contributed by atoms with Crippen LogP contribution in [0.3, 0.4) is 0 Å². The first-order valence-corrected chi connectivity index (χ1v) is 9.29. The second kappa shape index (κ2) is 7.23. The molecule has 1 atom stereocenters. The third kappa shape index (κ3) is 3.31. The molecule has 1 unspecified atom stereocenters. The van der Waals surface area contributed by atoms with E-state index in [0.717, 1.165) is 48.0 Å². The molecule has 3 aromatic rings. The van der Waals surface area contributed by atoms with Crippen LogP contribution in [-0.2, 0) is 11.3 Å². The lowest BCUT2D eigenvalue weighted by Crippen LogP contribution is -2.44. The van der Waals surface area contributed by atoms with Gasteiger partial charge in [-0.1, -0.05) is 30.3 Å². The zero-order valence-electron chi connectivity index (χ0n) is 15.0. The van der Waals surface area contributed by atoms with Crippen LogP contribution in [0.15, 0.2) is 42.7 Å². The van der Waals surface area contributed by atoms with Crippen molar-refractivity contribution in [2.24, 2.45) is 0 Å². The van der Waals surface area contributed by atoms with Crippen molar-refractivity contribution in [1.29, 1.82) is 0 Å². The number of carbonyl (C=O) groups excluding carboxylic acids is 1. The molecule has 26 heavy (non-hydrogen) atoms. The van der Waals surface area contributed by atoms with E-state index in [0.29, 0.717) is 6.04 Å². The molecule has 1 amide bonds. The fraction of sp³-hybridized carbons (Fsp3) is 0.400. The van der Waals surface area contributed by atoms with Crippen LogP contribution in [0.5, 0.6) is 0 Å². The fourth-order valence-corrected chi connectivity index (χ4v) is 3.70. The lowest BCUT2D eigenvalue weighted by atomic mass is 10.00. The summed E-state index contributed by atoms with van der Waals surface area (Å²) in [5.41, 5.74) is 2.60. The van der Waals surface area contributed by atoms with E-state index >= 15 is 0 Å². The Bertz CT molecular complexity index is 919. The van der Waals surface area contributed by atoms with Crippen LogP contribution in [0.1, 0.15) is 32.6 Å². The van der Waals surface area contributed by atoms with E-state index in [1.807, 2.05) is 35.4 Å². The van der Waals surface area contributed by atoms with Crippen LogP contribution in [0.25, 0.3) is 22.2 Å². The number of fused-ring (bicyclic) bond motifs is 1. The number of aromatic nitrogens is 4. The second-order valence-electron chi connectivity index (χ2n) is 6.86. The zero-order chi connectivity index (χ0) is 17.9. The lowest BCUT2D eigenvalue weighted by Gasteiger charge is -2.35. The zero-order valence-corrected chi connectivity index (χ0v) is 15.0. The average Bonchev–Trinajstić information content (AvgIpc) is 3.16. The topological polar surface area (TPSA) is 63.9 Å². The van der Waals surface area contributed by atoms with E-state index in [1.165, 1.54) is 6.42 Å². The smallest absolute Gasteiger partial charge is 0.244 e. The van der Waals surface area contributed by atoms with Crippen LogP contribution in [0.4, 0.5) is 0 Å². The maximum Gasteiger partial charge on any atom is 0.244 e. The van der Waals surface area contributed by atoms with E-state index in [1.54, 1.807) is 10.9 Å². The summed E-state index contributed by atoms with van der Waals surface area (Å²) in [6, 6.07) is 10.4. The normalized spacial score (nSPS) is 17.6. The maximum atomic E-state index is 12.7. The molecule has 1 aliphatic rings. The van der Waals surface area contributed by atoms with Crippen molar-refractivity contribution in [3.05, 3.63) is 42.7 Å². The van der Waals surface area contributed by atoms with E-state index in [4.69, 9.17) is 0 Å². The minimum Gasteiger partial charge on any atom is -0.338 e. The molecule has 0 N–H and O–H groups in total. The fourth-order valence-electron chi connectivity index (χ4n) is 3.70. The summed E-state index contributed by atoms with van der Waals surface area (Å²) < 4.78 is 1.63. The first-order valence-electron chi connectivity index (χ1n) is 9.29. The minimum atomic E-state index is 0.129. The standard InChI is InChI=1S/C20H23N5O/c1-2-17-8-5-6-10-25(17)20(26)14-24-13-19(22-23-24)16-11-15-7-3-4-9-18(15)21-12-16/h3-4,7,9,11-13,17H,2,5-6,8,10,14H2,1H3. The average molecular weight is 349 g/mol. The first kappa shape index (κ1) is 16.7. The Labute approximate surface area is 152 Å². The number of hydrogen-bond acceptors (Lipinski definition) is 4. The highest BCUT2D eigenvalue weighted by atomic mass is 16.2. The van der Waals surface area contributed by atoms with Gasteiger partial charge in [0, 0.05) is 29.7 Å². The third-order valence-electron chi connectivity index (χ3n) is 5.14. The highest BCUT2D eigenvalue weighted by Crippen LogP contribution is 2.22. The largest absolute Gasteiger partial charge is 0.338 e. The highest BCUT2D eigenvalue weighted by molar-refractivity contribution is 5.82. The van der Waals surface area contributed by atoms with Gasteiger partial charge in [-0.05, 0) is 37.8 Å². The molecule has 6 heteroatoms. The molecule has 0 radical (unpaired) electrons. The molecular formula is C20H23N5O. The Kier molecular flexibility index (Phi) is 4.65. The number of para-hydroxylation sites is 1. The van der Waals surface area contributed by atoms with Crippen LogP contribution < -0.4 is 0 Å². The van der Waals surface area contributed by atoms with Crippen LogP contribution in [0, 0.1) is 0 Å². The van der Waals surface area contributed by atoms with E-state index in [2.05, 4.69) is 28.3 Å². The van der Waals surface area contributed by atoms with E-state index < -0.39 is 0 Å². The summed E-state index contributed by atoms with van der Waals surface area (Å²) >= 11 is 0. The summed E-state index contributed by atoms with van der Waals surface area (Å²) in [5, 5.41) is 9.45. The second-order valence-corrected chi connectivity index (χ2v) is 6.86. The van der Waals surface area contributed by atoms with E-state index in [9.17, 15) is 4.79 Å². The summed E-state index contributed by atoms with van der Waals surface area (Å²) in [4.78, 5) is 19.2. The van der Waals surface area contributed by atoms with Crippen molar-refractivity contribution in [2.45, 2.75) is 45.2 Å². The Hall–Kier alpha value is -2.76. The van der Waals surface area contributed by atoms with Gasteiger partial charge in [0.05, 0.1) is 11.7 Å². The predicted molar refractivity (Wildman–Crippen MR) is 100 cm³/mol. The number of piperidine rings is 1. The van der Waals surface area contributed by atoms with Gasteiger partial charge < -0.3 is 4.90 Å². The van der Waals surface area contributed by atoms with Gasteiger partial charge in [0.1, 0.15) is 12.2 Å². The van der Waals surface area contributed by atoms with Gasteiger partial charge in [0.2, 0.25) is 5.91 Å². The quantitative estimate of drug-likeness (QED) is 0.725. The Morgan fingerprint density at radius 1 is 1.27 bits per heavy atom. The Morgan fingerprint density at radius 2 is 2.15 bits per heavy atom. The maximum absolute atomic E-state index is 12.7. The molecule has 1 aromatic carbocycles. The number of amides is 1. The van der Waals surface area contributed by atoms with Gasteiger partial charge in [-0.15, -0.1) is 5.10 Å². The predicted octanol–water partition coefficient (Wildman–Crippen LogP) is 3.28. The van der Waals surface area contributed by atoms with Crippen LogP contribution in [-0.4, -0.2) is 43.4 Å². The first-order chi connectivity index (χ1) is 12.7. The summed E-state index contributed by atoms with van der Waals surface area (Å²) in [5.74, 6) is 0.129. The SMILES string of the molecule is CCC1CCCCN1C(=O)Cn1cc(-c2cnc3ccccc3c2)nn1. The van der Waals surface area contributed by atoms with Gasteiger partial charge in [0.25, 0.3) is 0 Å². The van der Waals surface area contributed by atoms with Crippen LogP contribution >= 0.6 is 0 Å².